The molecule has 13 heavy (non-hydrogen) atoms. The molecule has 0 bridgehead atoms. The highest BCUT2D eigenvalue weighted by atomic mass is 19.1. The lowest BCUT2D eigenvalue weighted by atomic mass is 9.98. The lowest BCUT2D eigenvalue weighted by Gasteiger charge is -2.05. The van der Waals surface area contributed by atoms with Crippen LogP contribution in [0.1, 0.15) is 20.3 Å². The standard InChI is InChI=1S/C11H13FO/c1-8(2)11(13)9-5-3-4-6-10(12)7-9/h3-4,6-8H,5H2,1-2H3. The van der Waals surface area contributed by atoms with Crippen molar-refractivity contribution in [2.24, 2.45) is 5.92 Å². The number of carbonyl (C=O) groups is 1. The summed E-state index contributed by atoms with van der Waals surface area (Å²) in [7, 11) is 0. The van der Waals surface area contributed by atoms with E-state index in [1.54, 1.807) is 12.2 Å². The van der Waals surface area contributed by atoms with Crippen LogP contribution in [0.4, 0.5) is 4.39 Å². The first-order valence-electron chi connectivity index (χ1n) is 4.38. The molecule has 1 nitrogen and oxygen atoms in total. The van der Waals surface area contributed by atoms with Crippen LogP contribution in [0.25, 0.3) is 0 Å². The van der Waals surface area contributed by atoms with Crippen molar-refractivity contribution in [3.63, 3.8) is 0 Å². The van der Waals surface area contributed by atoms with E-state index >= 15 is 0 Å². The summed E-state index contributed by atoms with van der Waals surface area (Å²) < 4.78 is 12.9. The van der Waals surface area contributed by atoms with E-state index in [2.05, 4.69) is 0 Å². The van der Waals surface area contributed by atoms with Crippen LogP contribution in [0.15, 0.2) is 35.7 Å². The highest BCUT2D eigenvalue weighted by molar-refractivity contribution is 5.97. The molecule has 0 fully saturated rings. The third kappa shape index (κ3) is 2.65. The van der Waals surface area contributed by atoms with Gasteiger partial charge in [0, 0.05) is 11.5 Å². The lowest BCUT2D eigenvalue weighted by Crippen LogP contribution is -2.09. The molecule has 2 heteroatoms. The van der Waals surface area contributed by atoms with E-state index in [-0.39, 0.29) is 17.5 Å². The SMILES string of the molecule is CC(C)C(=O)C1=CC(F)=CC=CC1. The molecule has 0 unspecified atom stereocenters. The summed E-state index contributed by atoms with van der Waals surface area (Å²) in [5.41, 5.74) is 0.553. The zero-order valence-corrected chi connectivity index (χ0v) is 7.88. The number of hydrogen-bond acceptors (Lipinski definition) is 1. The molecular formula is C11H13FO. The normalized spacial score (nSPS) is 16.6. The maximum absolute atomic E-state index is 12.9. The largest absolute Gasteiger partial charge is 0.294 e. The third-order valence-corrected chi connectivity index (χ3v) is 1.88. The highest BCUT2D eigenvalue weighted by Crippen LogP contribution is 2.17. The van der Waals surface area contributed by atoms with Gasteiger partial charge in [-0.15, -0.1) is 0 Å². The zero-order valence-electron chi connectivity index (χ0n) is 7.88. The summed E-state index contributed by atoms with van der Waals surface area (Å²) in [5.74, 6) is -0.390. The van der Waals surface area contributed by atoms with Crippen molar-refractivity contribution in [3.8, 4) is 0 Å². The Labute approximate surface area is 77.6 Å². The Balaban J connectivity index is 2.87. The Morgan fingerprint density at radius 3 is 2.85 bits per heavy atom. The average Bonchev–Trinajstić information content (AvgIpc) is 2.28. The van der Waals surface area contributed by atoms with Gasteiger partial charge in [0.25, 0.3) is 0 Å². The van der Waals surface area contributed by atoms with Crippen LogP contribution in [-0.2, 0) is 4.79 Å². The molecular weight excluding hydrogens is 167 g/mol. The number of allylic oxidation sites excluding steroid dienone is 6. The first kappa shape index (κ1) is 9.90. The molecule has 0 aromatic heterocycles. The maximum atomic E-state index is 12.9. The van der Waals surface area contributed by atoms with E-state index in [4.69, 9.17) is 0 Å². The second-order valence-corrected chi connectivity index (χ2v) is 3.37. The number of ketones is 1. The van der Waals surface area contributed by atoms with Gasteiger partial charge in [-0.25, -0.2) is 4.39 Å². The summed E-state index contributed by atoms with van der Waals surface area (Å²) >= 11 is 0. The van der Waals surface area contributed by atoms with Crippen LogP contribution in [0, 0.1) is 5.92 Å². The van der Waals surface area contributed by atoms with Gasteiger partial charge in [-0.3, -0.25) is 4.79 Å². The minimum Gasteiger partial charge on any atom is -0.294 e. The van der Waals surface area contributed by atoms with Crippen molar-refractivity contribution < 1.29 is 9.18 Å². The quantitative estimate of drug-likeness (QED) is 0.638. The van der Waals surface area contributed by atoms with Crippen molar-refractivity contribution >= 4 is 5.78 Å². The van der Waals surface area contributed by atoms with Crippen LogP contribution in [0.5, 0.6) is 0 Å². The Morgan fingerprint density at radius 2 is 2.23 bits per heavy atom. The minimum absolute atomic E-state index is 0.0232. The van der Waals surface area contributed by atoms with Gasteiger partial charge in [0.1, 0.15) is 5.83 Å². The van der Waals surface area contributed by atoms with E-state index < -0.39 is 0 Å². The van der Waals surface area contributed by atoms with E-state index in [0.717, 1.165) is 0 Å². The molecule has 0 radical (unpaired) electrons. The van der Waals surface area contributed by atoms with Crippen molar-refractivity contribution in [1.82, 2.24) is 0 Å². The molecule has 1 aliphatic rings. The number of halogens is 1. The van der Waals surface area contributed by atoms with Crippen molar-refractivity contribution in [3.05, 3.63) is 35.7 Å². The molecule has 0 amide bonds. The van der Waals surface area contributed by atoms with Gasteiger partial charge in [-0.1, -0.05) is 26.0 Å². The molecule has 0 saturated carbocycles. The third-order valence-electron chi connectivity index (χ3n) is 1.88. The molecule has 0 N–H and O–H groups in total. The highest BCUT2D eigenvalue weighted by Gasteiger charge is 2.13. The van der Waals surface area contributed by atoms with Gasteiger partial charge in [0.05, 0.1) is 0 Å². The Hall–Kier alpha value is -1.18. The molecule has 0 aliphatic heterocycles. The monoisotopic (exact) mass is 180 g/mol. The van der Waals surface area contributed by atoms with E-state index in [9.17, 15) is 9.18 Å². The Kier molecular flexibility index (Phi) is 3.18. The molecule has 0 saturated heterocycles. The van der Waals surface area contributed by atoms with Crippen molar-refractivity contribution in [2.45, 2.75) is 20.3 Å². The molecule has 0 heterocycles. The predicted octanol–water partition coefficient (Wildman–Crippen LogP) is 2.95. The lowest BCUT2D eigenvalue weighted by molar-refractivity contribution is -0.118. The van der Waals surface area contributed by atoms with E-state index in [1.807, 2.05) is 13.8 Å². The smallest absolute Gasteiger partial charge is 0.161 e. The molecule has 1 aliphatic carbocycles. The molecule has 1 rings (SSSR count). The fourth-order valence-electron chi connectivity index (χ4n) is 1.17. The summed E-state index contributed by atoms with van der Waals surface area (Å²) in [5, 5.41) is 0. The molecule has 0 aromatic carbocycles. The van der Waals surface area contributed by atoms with Crippen LogP contribution < -0.4 is 0 Å². The van der Waals surface area contributed by atoms with Gasteiger partial charge in [-0.05, 0) is 18.6 Å². The molecule has 0 atom stereocenters. The van der Waals surface area contributed by atoms with Crippen molar-refractivity contribution in [2.75, 3.05) is 0 Å². The van der Waals surface area contributed by atoms with E-state index in [0.29, 0.717) is 12.0 Å². The van der Waals surface area contributed by atoms with Gasteiger partial charge in [0.15, 0.2) is 5.78 Å². The van der Waals surface area contributed by atoms with Gasteiger partial charge < -0.3 is 0 Å². The van der Waals surface area contributed by atoms with Gasteiger partial charge in [0.2, 0.25) is 0 Å². The van der Waals surface area contributed by atoms with Crippen LogP contribution >= 0.6 is 0 Å². The summed E-state index contributed by atoms with van der Waals surface area (Å²) in [6.45, 7) is 3.64. The number of rotatable bonds is 2. The Bertz CT molecular complexity index is 295. The maximum Gasteiger partial charge on any atom is 0.161 e. The topological polar surface area (TPSA) is 17.1 Å². The molecule has 70 valence electrons. The van der Waals surface area contributed by atoms with Gasteiger partial charge >= 0.3 is 0 Å². The van der Waals surface area contributed by atoms with Crippen molar-refractivity contribution in [1.29, 1.82) is 0 Å². The van der Waals surface area contributed by atoms with Gasteiger partial charge in [-0.2, -0.15) is 0 Å². The van der Waals surface area contributed by atoms with Crippen LogP contribution in [0.2, 0.25) is 0 Å². The first-order chi connectivity index (χ1) is 6.11. The van der Waals surface area contributed by atoms with Crippen LogP contribution in [-0.4, -0.2) is 5.78 Å². The number of carbonyl (C=O) groups excluding carboxylic acids is 1. The Morgan fingerprint density at radius 1 is 1.54 bits per heavy atom. The number of hydrogen-bond donors (Lipinski definition) is 0. The molecule has 0 spiro atoms. The fourth-order valence-corrected chi connectivity index (χ4v) is 1.17. The average molecular weight is 180 g/mol. The predicted molar refractivity (Wildman–Crippen MR) is 50.9 cm³/mol. The number of Topliss-reactive ketones (excluding diaryl/α,β-unsaturated/α-hetero) is 1. The second kappa shape index (κ2) is 4.17. The zero-order chi connectivity index (χ0) is 9.84. The minimum atomic E-state index is -0.349. The molecule has 0 aromatic rings. The van der Waals surface area contributed by atoms with E-state index in [1.165, 1.54) is 12.2 Å². The van der Waals surface area contributed by atoms with Crippen LogP contribution in [0.3, 0.4) is 0 Å². The fraction of sp³-hybridized carbons (Fsp3) is 0.364. The second-order valence-electron chi connectivity index (χ2n) is 3.37. The first-order valence-corrected chi connectivity index (χ1v) is 4.38. The summed E-state index contributed by atoms with van der Waals surface area (Å²) in [6, 6.07) is 0. The summed E-state index contributed by atoms with van der Waals surface area (Å²) in [4.78, 5) is 11.5. The summed E-state index contributed by atoms with van der Waals surface area (Å²) in [6.07, 6.45) is 6.63.